The highest BCUT2D eigenvalue weighted by atomic mass is 32.2. The molecule has 3 aromatic heterocycles. The molecule has 7 nitrogen and oxygen atoms in total. The van der Waals surface area contributed by atoms with E-state index in [9.17, 15) is 4.79 Å². The quantitative estimate of drug-likeness (QED) is 0.699. The van der Waals surface area contributed by atoms with Gasteiger partial charge in [-0.15, -0.1) is 5.10 Å². The molecule has 0 fully saturated rings. The summed E-state index contributed by atoms with van der Waals surface area (Å²) in [6.45, 7) is 0. The van der Waals surface area contributed by atoms with Gasteiger partial charge in [0.05, 0.1) is 17.6 Å². The fraction of sp³-hybridized carbons (Fsp3) is 0.0714. The number of carbonyl (C=O) groups excluding carboxylic acids is 1. The minimum absolute atomic E-state index is 0.131. The van der Waals surface area contributed by atoms with E-state index in [0.717, 1.165) is 5.56 Å². The number of pyridine rings is 2. The average molecular weight is 312 g/mol. The molecule has 2 N–H and O–H groups in total. The van der Waals surface area contributed by atoms with Crippen LogP contribution in [-0.4, -0.2) is 36.8 Å². The smallest absolute Gasteiger partial charge is 0.234 e. The standard InChI is InChI=1S/C14H12N6OS/c21-12(17-11-2-1-5-16-8-11)9-22-14-18-13(19-20-14)10-3-6-15-7-4-10/h1-8H,9H2,(H,17,21)(H,18,19,20). The molecule has 0 atom stereocenters. The maximum atomic E-state index is 11.8. The van der Waals surface area contributed by atoms with Gasteiger partial charge in [0, 0.05) is 24.2 Å². The summed E-state index contributed by atoms with van der Waals surface area (Å²) < 4.78 is 0. The molecular formula is C14H12N6OS. The average Bonchev–Trinajstić information content (AvgIpc) is 3.04. The van der Waals surface area contributed by atoms with Gasteiger partial charge in [0.1, 0.15) is 0 Å². The van der Waals surface area contributed by atoms with Gasteiger partial charge in [0.2, 0.25) is 11.1 Å². The number of hydrogen-bond donors (Lipinski definition) is 2. The minimum atomic E-state index is -0.131. The van der Waals surface area contributed by atoms with E-state index in [4.69, 9.17) is 0 Å². The Morgan fingerprint density at radius 3 is 2.82 bits per heavy atom. The van der Waals surface area contributed by atoms with E-state index in [1.54, 1.807) is 36.9 Å². The summed E-state index contributed by atoms with van der Waals surface area (Å²) in [5, 5.41) is 10.2. The van der Waals surface area contributed by atoms with Crippen LogP contribution in [0.25, 0.3) is 11.4 Å². The lowest BCUT2D eigenvalue weighted by Gasteiger charge is -2.02. The first kappa shape index (κ1) is 14.2. The fourth-order valence-corrected chi connectivity index (χ4v) is 2.31. The molecule has 0 radical (unpaired) electrons. The zero-order valence-electron chi connectivity index (χ0n) is 11.4. The molecule has 0 spiro atoms. The molecule has 3 heterocycles. The second kappa shape index (κ2) is 6.81. The Hall–Kier alpha value is -2.74. The lowest BCUT2D eigenvalue weighted by atomic mass is 10.3. The predicted octanol–water partition coefficient (Wildman–Crippen LogP) is 1.99. The molecule has 1 amide bonds. The summed E-state index contributed by atoms with van der Waals surface area (Å²) in [6, 6.07) is 7.22. The number of nitrogens with zero attached hydrogens (tertiary/aromatic N) is 4. The molecule has 22 heavy (non-hydrogen) atoms. The van der Waals surface area contributed by atoms with Gasteiger partial charge in [-0.25, -0.2) is 4.98 Å². The van der Waals surface area contributed by atoms with E-state index in [2.05, 4.69) is 30.5 Å². The Bertz CT molecular complexity index is 746. The van der Waals surface area contributed by atoms with Crippen molar-refractivity contribution in [1.29, 1.82) is 0 Å². The number of aromatic amines is 1. The second-order valence-electron chi connectivity index (χ2n) is 4.28. The zero-order valence-corrected chi connectivity index (χ0v) is 12.2. The van der Waals surface area contributed by atoms with Crippen LogP contribution >= 0.6 is 11.8 Å². The summed E-state index contributed by atoms with van der Waals surface area (Å²) in [5.74, 6) is 0.744. The van der Waals surface area contributed by atoms with E-state index in [0.29, 0.717) is 16.7 Å². The Morgan fingerprint density at radius 1 is 1.18 bits per heavy atom. The third-order valence-electron chi connectivity index (χ3n) is 2.70. The van der Waals surface area contributed by atoms with Gasteiger partial charge in [0.15, 0.2) is 5.82 Å². The molecule has 0 saturated heterocycles. The van der Waals surface area contributed by atoms with Gasteiger partial charge < -0.3 is 5.32 Å². The van der Waals surface area contributed by atoms with Gasteiger partial charge in [-0.3, -0.25) is 19.9 Å². The van der Waals surface area contributed by atoms with E-state index in [-0.39, 0.29) is 11.7 Å². The van der Waals surface area contributed by atoms with Crippen molar-refractivity contribution in [2.45, 2.75) is 5.16 Å². The molecule has 0 unspecified atom stereocenters. The van der Waals surface area contributed by atoms with Crippen LogP contribution in [0.3, 0.4) is 0 Å². The van der Waals surface area contributed by atoms with Crippen molar-refractivity contribution in [3.63, 3.8) is 0 Å². The van der Waals surface area contributed by atoms with Crippen LogP contribution in [0.2, 0.25) is 0 Å². The number of amides is 1. The number of H-pyrrole nitrogens is 1. The van der Waals surface area contributed by atoms with Crippen molar-refractivity contribution >= 4 is 23.4 Å². The molecule has 0 aliphatic rings. The lowest BCUT2D eigenvalue weighted by molar-refractivity contribution is -0.113. The molecule has 3 aromatic rings. The molecule has 3 rings (SSSR count). The van der Waals surface area contributed by atoms with E-state index in [1.807, 2.05) is 12.1 Å². The van der Waals surface area contributed by atoms with Crippen molar-refractivity contribution in [1.82, 2.24) is 25.1 Å². The number of rotatable bonds is 5. The second-order valence-corrected chi connectivity index (χ2v) is 5.22. The van der Waals surface area contributed by atoms with Crippen molar-refractivity contribution in [3.8, 4) is 11.4 Å². The van der Waals surface area contributed by atoms with E-state index in [1.165, 1.54) is 11.8 Å². The van der Waals surface area contributed by atoms with Crippen molar-refractivity contribution in [2.75, 3.05) is 11.1 Å². The summed E-state index contributed by atoms with van der Waals surface area (Å²) in [6.07, 6.45) is 6.62. The summed E-state index contributed by atoms with van der Waals surface area (Å²) >= 11 is 1.26. The number of nitrogens with one attached hydrogen (secondary N) is 2. The zero-order chi connectivity index (χ0) is 15.2. The number of thioether (sulfide) groups is 1. The first-order valence-corrected chi connectivity index (χ1v) is 7.45. The van der Waals surface area contributed by atoms with Crippen LogP contribution in [0, 0.1) is 0 Å². The summed E-state index contributed by atoms with van der Waals surface area (Å²) in [4.78, 5) is 24.1. The topological polar surface area (TPSA) is 96.5 Å². The minimum Gasteiger partial charge on any atom is -0.324 e. The maximum Gasteiger partial charge on any atom is 0.234 e. The molecular weight excluding hydrogens is 300 g/mol. The number of carbonyl (C=O) groups is 1. The van der Waals surface area contributed by atoms with Crippen LogP contribution in [0.4, 0.5) is 5.69 Å². The van der Waals surface area contributed by atoms with Gasteiger partial charge in [-0.1, -0.05) is 11.8 Å². The van der Waals surface area contributed by atoms with E-state index >= 15 is 0 Å². The van der Waals surface area contributed by atoms with Crippen LogP contribution in [0.1, 0.15) is 0 Å². The van der Waals surface area contributed by atoms with Crippen molar-refractivity contribution < 1.29 is 4.79 Å². The predicted molar refractivity (Wildman–Crippen MR) is 83.2 cm³/mol. The first-order valence-electron chi connectivity index (χ1n) is 6.47. The third-order valence-corrected chi connectivity index (χ3v) is 3.54. The van der Waals surface area contributed by atoms with Gasteiger partial charge >= 0.3 is 0 Å². The molecule has 0 aliphatic carbocycles. The largest absolute Gasteiger partial charge is 0.324 e. The Balaban J connectivity index is 1.56. The van der Waals surface area contributed by atoms with Gasteiger partial charge in [0.25, 0.3) is 0 Å². The van der Waals surface area contributed by atoms with Crippen LogP contribution in [0.15, 0.2) is 54.2 Å². The summed E-state index contributed by atoms with van der Waals surface area (Å²) in [5.41, 5.74) is 1.56. The highest BCUT2D eigenvalue weighted by Crippen LogP contribution is 2.18. The number of anilines is 1. The van der Waals surface area contributed by atoms with Gasteiger partial charge in [-0.05, 0) is 24.3 Å². The maximum absolute atomic E-state index is 11.8. The van der Waals surface area contributed by atoms with Crippen LogP contribution < -0.4 is 5.32 Å². The first-order chi connectivity index (χ1) is 10.8. The monoisotopic (exact) mass is 312 g/mol. The number of aromatic nitrogens is 5. The highest BCUT2D eigenvalue weighted by molar-refractivity contribution is 7.99. The normalized spacial score (nSPS) is 10.4. The van der Waals surface area contributed by atoms with E-state index < -0.39 is 0 Å². The Kier molecular flexibility index (Phi) is 4.40. The molecule has 0 saturated carbocycles. The third kappa shape index (κ3) is 3.67. The fourth-order valence-electron chi connectivity index (χ4n) is 1.71. The molecule has 0 aliphatic heterocycles. The molecule has 8 heteroatoms. The summed E-state index contributed by atoms with van der Waals surface area (Å²) in [7, 11) is 0. The van der Waals surface area contributed by atoms with Crippen molar-refractivity contribution in [2.24, 2.45) is 0 Å². The number of hydrogen-bond acceptors (Lipinski definition) is 6. The highest BCUT2D eigenvalue weighted by Gasteiger charge is 2.09. The van der Waals surface area contributed by atoms with Crippen LogP contribution in [-0.2, 0) is 4.79 Å². The molecule has 110 valence electrons. The van der Waals surface area contributed by atoms with Crippen molar-refractivity contribution in [3.05, 3.63) is 49.1 Å². The van der Waals surface area contributed by atoms with Crippen LogP contribution in [0.5, 0.6) is 0 Å². The Morgan fingerprint density at radius 2 is 2.05 bits per heavy atom. The SMILES string of the molecule is O=C(CSc1n[nH]c(-c2ccncc2)n1)Nc1cccnc1. The molecule has 0 bridgehead atoms. The lowest BCUT2D eigenvalue weighted by Crippen LogP contribution is -2.14. The Labute approximate surface area is 130 Å². The molecule has 0 aromatic carbocycles. The van der Waals surface area contributed by atoms with Gasteiger partial charge in [-0.2, -0.15) is 0 Å².